The van der Waals surface area contributed by atoms with Crippen molar-refractivity contribution in [3.8, 4) is 0 Å². The summed E-state index contributed by atoms with van der Waals surface area (Å²) in [5.74, 6) is 0.0767. The second kappa shape index (κ2) is 7.09. The van der Waals surface area contributed by atoms with Gasteiger partial charge in [-0.15, -0.1) is 12.4 Å². The molecule has 3 nitrogen and oxygen atoms in total. The van der Waals surface area contributed by atoms with Crippen LogP contribution in [0.1, 0.15) is 42.9 Å². The molecule has 1 atom stereocenters. The Labute approximate surface area is 127 Å². The minimum atomic E-state index is -0.364. The molecule has 0 fully saturated rings. The lowest BCUT2D eigenvalue weighted by atomic mass is 9.94. The highest BCUT2D eigenvalue weighted by atomic mass is 35.5. The van der Waals surface area contributed by atoms with Gasteiger partial charge in [0, 0.05) is 12.2 Å². The highest BCUT2D eigenvalue weighted by Crippen LogP contribution is 2.31. The van der Waals surface area contributed by atoms with E-state index in [1.165, 1.54) is 16.7 Å². The molecule has 1 aromatic carbocycles. The van der Waals surface area contributed by atoms with Gasteiger partial charge in [0.15, 0.2) is 0 Å². The molecular formula is C16H25ClN2O. The van der Waals surface area contributed by atoms with E-state index in [-0.39, 0.29) is 24.4 Å². The molecule has 20 heavy (non-hydrogen) atoms. The molecule has 0 aliphatic carbocycles. The summed E-state index contributed by atoms with van der Waals surface area (Å²) in [6.45, 7) is 7.07. The Bertz CT molecular complexity index is 488. The number of nitrogens with zero attached hydrogens (tertiary/aromatic N) is 1. The summed E-state index contributed by atoms with van der Waals surface area (Å²) in [6, 6.07) is 3.95. The van der Waals surface area contributed by atoms with Gasteiger partial charge in [-0.2, -0.15) is 0 Å². The Morgan fingerprint density at radius 3 is 2.75 bits per heavy atom. The van der Waals surface area contributed by atoms with Crippen molar-refractivity contribution < 1.29 is 4.79 Å². The molecule has 0 spiro atoms. The topological polar surface area (TPSA) is 46.3 Å². The van der Waals surface area contributed by atoms with Crippen LogP contribution in [0.15, 0.2) is 12.1 Å². The van der Waals surface area contributed by atoms with E-state index >= 15 is 0 Å². The molecule has 1 aliphatic rings. The summed E-state index contributed by atoms with van der Waals surface area (Å²) >= 11 is 0. The van der Waals surface area contributed by atoms with Crippen molar-refractivity contribution in [2.45, 2.75) is 52.5 Å². The first kappa shape index (κ1) is 17.0. The SMILES string of the molecule is CCCC(N)C(=O)N1CCCc2c(C)cc(C)cc21.Cl. The van der Waals surface area contributed by atoms with Crippen LogP contribution in [0.3, 0.4) is 0 Å². The quantitative estimate of drug-likeness (QED) is 0.931. The van der Waals surface area contributed by atoms with Crippen LogP contribution in [0, 0.1) is 13.8 Å². The lowest BCUT2D eigenvalue weighted by Crippen LogP contribution is -2.46. The second-order valence-corrected chi connectivity index (χ2v) is 5.57. The minimum Gasteiger partial charge on any atom is -0.320 e. The molecule has 1 unspecified atom stereocenters. The number of amides is 1. The number of benzene rings is 1. The Morgan fingerprint density at radius 2 is 2.10 bits per heavy atom. The first-order valence-electron chi connectivity index (χ1n) is 7.21. The number of fused-ring (bicyclic) bond motifs is 1. The standard InChI is InChI=1S/C16H24N2O.ClH/c1-4-6-14(17)16(19)18-8-5-7-13-12(3)9-11(2)10-15(13)18;/h9-10,14H,4-8,17H2,1-3H3;1H. The van der Waals surface area contributed by atoms with Crippen LogP contribution in [0.25, 0.3) is 0 Å². The summed E-state index contributed by atoms with van der Waals surface area (Å²) in [7, 11) is 0. The van der Waals surface area contributed by atoms with E-state index in [9.17, 15) is 4.79 Å². The van der Waals surface area contributed by atoms with E-state index in [0.717, 1.165) is 37.9 Å². The monoisotopic (exact) mass is 296 g/mol. The lowest BCUT2D eigenvalue weighted by Gasteiger charge is -2.32. The summed E-state index contributed by atoms with van der Waals surface area (Å²) in [4.78, 5) is 14.4. The van der Waals surface area contributed by atoms with Gasteiger partial charge < -0.3 is 10.6 Å². The number of aryl methyl sites for hydroxylation is 2. The predicted octanol–water partition coefficient (Wildman–Crippen LogP) is 3.13. The average Bonchev–Trinajstić information content (AvgIpc) is 2.37. The van der Waals surface area contributed by atoms with Gasteiger partial charge in [-0.25, -0.2) is 0 Å². The van der Waals surface area contributed by atoms with E-state index < -0.39 is 0 Å². The molecule has 1 amide bonds. The largest absolute Gasteiger partial charge is 0.320 e. The zero-order chi connectivity index (χ0) is 14.0. The summed E-state index contributed by atoms with van der Waals surface area (Å²) in [5.41, 5.74) is 10.9. The second-order valence-electron chi connectivity index (χ2n) is 5.57. The van der Waals surface area contributed by atoms with E-state index in [1.807, 2.05) is 4.90 Å². The lowest BCUT2D eigenvalue weighted by molar-refractivity contribution is -0.120. The normalized spacial score (nSPS) is 15.3. The molecule has 1 aliphatic heterocycles. The molecule has 1 heterocycles. The molecule has 2 rings (SSSR count). The van der Waals surface area contributed by atoms with Crippen LogP contribution in [-0.2, 0) is 11.2 Å². The number of carbonyl (C=O) groups is 1. The third-order valence-corrected chi connectivity index (χ3v) is 3.88. The van der Waals surface area contributed by atoms with Crippen molar-refractivity contribution in [1.29, 1.82) is 0 Å². The van der Waals surface area contributed by atoms with Gasteiger partial charge in [0.1, 0.15) is 0 Å². The molecule has 0 aromatic heterocycles. The van der Waals surface area contributed by atoms with Crippen LogP contribution in [0.4, 0.5) is 5.69 Å². The summed E-state index contributed by atoms with van der Waals surface area (Å²) in [6.07, 6.45) is 3.80. The Balaban J connectivity index is 0.00000200. The van der Waals surface area contributed by atoms with Crippen molar-refractivity contribution >= 4 is 24.0 Å². The number of nitrogens with two attached hydrogens (primary N) is 1. The fraction of sp³-hybridized carbons (Fsp3) is 0.562. The number of hydrogen-bond donors (Lipinski definition) is 1. The average molecular weight is 297 g/mol. The molecular weight excluding hydrogens is 272 g/mol. The number of rotatable bonds is 3. The van der Waals surface area contributed by atoms with Crippen LogP contribution in [0.5, 0.6) is 0 Å². The molecule has 0 saturated heterocycles. The van der Waals surface area contributed by atoms with Gasteiger partial charge in [-0.3, -0.25) is 4.79 Å². The first-order valence-corrected chi connectivity index (χ1v) is 7.21. The maximum atomic E-state index is 12.5. The van der Waals surface area contributed by atoms with Crippen molar-refractivity contribution in [1.82, 2.24) is 0 Å². The summed E-state index contributed by atoms with van der Waals surface area (Å²) in [5, 5.41) is 0. The van der Waals surface area contributed by atoms with Gasteiger partial charge in [0.05, 0.1) is 6.04 Å². The smallest absolute Gasteiger partial charge is 0.243 e. The van der Waals surface area contributed by atoms with Gasteiger partial charge in [-0.05, 0) is 55.9 Å². The molecule has 0 radical (unpaired) electrons. The Hall–Kier alpha value is -1.06. The third kappa shape index (κ3) is 3.33. The maximum Gasteiger partial charge on any atom is 0.243 e. The highest BCUT2D eigenvalue weighted by Gasteiger charge is 2.27. The van der Waals surface area contributed by atoms with Crippen molar-refractivity contribution in [3.63, 3.8) is 0 Å². The fourth-order valence-electron chi connectivity index (χ4n) is 2.94. The molecule has 1 aromatic rings. The third-order valence-electron chi connectivity index (χ3n) is 3.88. The van der Waals surface area contributed by atoms with Gasteiger partial charge >= 0.3 is 0 Å². The van der Waals surface area contributed by atoms with Gasteiger partial charge in [0.2, 0.25) is 5.91 Å². The van der Waals surface area contributed by atoms with E-state index in [4.69, 9.17) is 5.73 Å². The van der Waals surface area contributed by atoms with Crippen molar-refractivity contribution in [3.05, 3.63) is 28.8 Å². The first-order chi connectivity index (χ1) is 9.04. The Kier molecular flexibility index (Phi) is 6.03. The predicted molar refractivity (Wildman–Crippen MR) is 86.7 cm³/mol. The number of anilines is 1. The zero-order valence-corrected chi connectivity index (χ0v) is 13.4. The number of hydrogen-bond acceptors (Lipinski definition) is 2. The fourth-order valence-corrected chi connectivity index (χ4v) is 2.94. The zero-order valence-electron chi connectivity index (χ0n) is 12.6. The summed E-state index contributed by atoms with van der Waals surface area (Å²) < 4.78 is 0. The van der Waals surface area contributed by atoms with Crippen LogP contribution in [0.2, 0.25) is 0 Å². The van der Waals surface area contributed by atoms with Crippen molar-refractivity contribution in [2.24, 2.45) is 5.73 Å². The molecule has 0 bridgehead atoms. The highest BCUT2D eigenvalue weighted by molar-refractivity contribution is 5.98. The van der Waals surface area contributed by atoms with Crippen LogP contribution < -0.4 is 10.6 Å². The number of halogens is 1. The van der Waals surface area contributed by atoms with Crippen molar-refractivity contribution in [2.75, 3.05) is 11.4 Å². The Morgan fingerprint density at radius 1 is 1.40 bits per heavy atom. The molecule has 112 valence electrons. The minimum absolute atomic E-state index is 0. The molecule has 0 saturated carbocycles. The van der Waals surface area contributed by atoms with E-state index in [0.29, 0.717) is 0 Å². The molecule has 4 heteroatoms. The number of carbonyl (C=O) groups excluding carboxylic acids is 1. The van der Waals surface area contributed by atoms with E-state index in [1.54, 1.807) is 0 Å². The van der Waals surface area contributed by atoms with Gasteiger partial charge in [-0.1, -0.05) is 19.4 Å². The maximum absolute atomic E-state index is 12.5. The van der Waals surface area contributed by atoms with Gasteiger partial charge in [0.25, 0.3) is 0 Å². The van der Waals surface area contributed by atoms with E-state index in [2.05, 4.69) is 32.9 Å². The van der Waals surface area contributed by atoms with Crippen LogP contribution >= 0.6 is 12.4 Å². The van der Waals surface area contributed by atoms with Crippen LogP contribution in [-0.4, -0.2) is 18.5 Å². The molecule has 2 N–H and O–H groups in total.